The van der Waals surface area contributed by atoms with Crippen molar-refractivity contribution in [3.63, 3.8) is 0 Å². The number of likely N-dealkylation sites (N-methyl/N-ethyl adjacent to an activating group) is 1. The Morgan fingerprint density at radius 3 is 2.80 bits per heavy atom. The lowest BCUT2D eigenvalue weighted by molar-refractivity contribution is 0.425. The third-order valence-electron chi connectivity index (χ3n) is 6.80. The largest absolute Gasteiger partial charge is 0.384 e. The summed E-state index contributed by atoms with van der Waals surface area (Å²) >= 11 is 0. The van der Waals surface area contributed by atoms with Gasteiger partial charge in [-0.25, -0.2) is 4.39 Å². The molecule has 0 unspecified atom stereocenters. The number of nitrogens with zero attached hydrogens (tertiary/aromatic N) is 2. The SMILES string of the molecule is C=C(/C=c1/c(-c2cc(/C(=C\C=C/C)c3cc(F)cc(NCCN(C)C)c3)c(C)[nH]2)n[nH]/c1=C/C)C1=CCC#CC=C1. The van der Waals surface area contributed by atoms with E-state index in [9.17, 15) is 4.39 Å². The third-order valence-corrected chi connectivity index (χ3v) is 6.80. The molecule has 0 fully saturated rings. The summed E-state index contributed by atoms with van der Waals surface area (Å²) in [5, 5.41) is 13.0. The van der Waals surface area contributed by atoms with E-state index in [1.54, 1.807) is 6.07 Å². The lowest BCUT2D eigenvalue weighted by Gasteiger charge is -2.14. The Hall–Kier alpha value is -4.60. The van der Waals surface area contributed by atoms with Gasteiger partial charge in [0.05, 0.1) is 11.0 Å². The average Bonchev–Trinajstić information content (AvgIpc) is 3.39. The monoisotopic (exact) mass is 547 g/mol. The van der Waals surface area contributed by atoms with Crippen molar-refractivity contribution < 1.29 is 4.39 Å². The third kappa shape index (κ3) is 7.33. The number of aromatic amines is 2. The molecule has 3 N–H and O–H groups in total. The zero-order chi connectivity index (χ0) is 29.4. The number of rotatable bonds is 10. The molecule has 0 saturated carbocycles. The minimum absolute atomic E-state index is 0.285. The van der Waals surface area contributed by atoms with Crippen LogP contribution in [-0.4, -0.2) is 47.3 Å². The van der Waals surface area contributed by atoms with Crippen molar-refractivity contribution in [2.24, 2.45) is 0 Å². The van der Waals surface area contributed by atoms with Crippen LogP contribution in [0.4, 0.5) is 10.1 Å². The summed E-state index contributed by atoms with van der Waals surface area (Å²) < 4.78 is 14.8. The topological polar surface area (TPSA) is 59.7 Å². The minimum atomic E-state index is -0.285. The van der Waals surface area contributed by atoms with Crippen molar-refractivity contribution in [2.45, 2.75) is 27.2 Å². The van der Waals surface area contributed by atoms with E-state index in [-0.39, 0.29) is 5.82 Å². The molecule has 5 nitrogen and oxygen atoms in total. The second kappa shape index (κ2) is 13.6. The molecule has 6 heteroatoms. The highest BCUT2D eigenvalue weighted by Gasteiger charge is 2.16. The van der Waals surface area contributed by atoms with Gasteiger partial charge in [0.1, 0.15) is 11.5 Å². The summed E-state index contributed by atoms with van der Waals surface area (Å²) in [5.74, 6) is 5.81. The molecule has 0 atom stereocenters. The van der Waals surface area contributed by atoms with Gasteiger partial charge in [0.15, 0.2) is 0 Å². The van der Waals surface area contributed by atoms with Gasteiger partial charge in [-0.15, -0.1) is 0 Å². The summed E-state index contributed by atoms with van der Waals surface area (Å²) in [6, 6.07) is 7.20. The molecule has 210 valence electrons. The lowest BCUT2D eigenvalue weighted by atomic mass is 9.96. The Morgan fingerprint density at radius 2 is 2.05 bits per heavy atom. The minimum Gasteiger partial charge on any atom is -0.384 e. The first-order valence-corrected chi connectivity index (χ1v) is 13.8. The second-order valence-electron chi connectivity index (χ2n) is 10.2. The van der Waals surface area contributed by atoms with Gasteiger partial charge in [0.2, 0.25) is 0 Å². The predicted molar refractivity (Wildman–Crippen MR) is 171 cm³/mol. The van der Waals surface area contributed by atoms with Crippen molar-refractivity contribution >= 4 is 23.4 Å². The van der Waals surface area contributed by atoms with Gasteiger partial charge in [0, 0.05) is 41.7 Å². The molecule has 0 amide bonds. The van der Waals surface area contributed by atoms with E-state index >= 15 is 0 Å². The van der Waals surface area contributed by atoms with Gasteiger partial charge in [-0.1, -0.05) is 48.8 Å². The number of aromatic nitrogens is 3. The van der Waals surface area contributed by atoms with Crippen LogP contribution in [0.25, 0.3) is 29.1 Å². The molecule has 1 aromatic carbocycles. The molecule has 2 heterocycles. The number of allylic oxidation sites excluding steroid dienone is 8. The molecule has 0 aliphatic heterocycles. The van der Waals surface area contributed by atoms with Gasteiger partial charge in [0.25, 0.3) is 0 Å². The van der Waals surface area contributed by atoms with Crippen molar-refractivity contribution in [3.8, 4) is 23.2 Å². The van der Waals surface area contributed by atoms with Crippen molar-refractivity contribution in [1.29, 1.82) is 0 Å². The molecule has 0 spiro atoms. The Bertz CT molecular complexity index is 1730. The maximum absolute atomic E-state index is 14.8. The number of nitrogens with one attached hydrogen (secondary N) is 3. The summed E-state index contributed by atoms with van der Waals surface area (Å²) in [5.41, 5.74) is 7.96. The Morgan fingerprint density at radius 1 is 1.22 bits per heavy atom. The van der Waals surface area contributed by atoms with Crippen molar-refractivity contribution in [2.75, 3.05) is 32.5 Å². The number of anilines is 1. The summed E-state index contributed by atoms with van der Waals surface area (Å²) in [4.78, 5) is 5.62. The number of halogens is 1. The van der Waals surface area contributed by atoms with E-state index in [0.717, 1.165) is 74.3 Å². The van der Waals surface area contributed by atoms with Crippen LogP contribution in [0.15, 0.2) is 78.4 Å². The number of H-pyrrole nitrogens is 2. The van der Waals surface area contributed by atoms with E-state index < -0.39 is 0 Å². The second-order valence-corrected chi connectivity index (χ2v) is 10.2. The Kier molecular flexibility index (Phi) is 9.78. The number of hydrogen-bond donors (Lipinski definition) is 3. The van der Waals surface area contributed by atoms with Gasteiger partial charge in [-0.3, -0.25) is 5.10 Å². The summed E-state index contributed by atoms with van der Waals surface area (Å²) in [7, 11) is 4.03. The molecule has 41 heavy (non-hydrogen) atoms. The highest BCUT2D eigenvalue weighted by Crippen LogP contribution is 2.31. The Labute approximate surface area is 242 Å². The lowest BCUT2D eigenvalue weighted by Crippen LogP contribution is -2.23. The number of benzene rings is 1. The van der Waals surface area contributed by atoms with Gasteiger partial charge in [-0.05, 0) is 99.6 Å². The van der Waals surface area contributed by atoms with Crippen LogP contribution < -0.4 is 15.9 Å². The fraction of sp³-hybridized carbons (Fsp3) is 0.229. The van der Waals surface area contributed by atoms with Crippen LogP contribution in [-0.2, 0) is 0 Å². The van der Waals surface area contributed by atoms with E-state index in [4.69, 9.17) is 0 Å². The van der Waals surface area contributed by atoms with E-state index in [0.29, 0.717) is 6.42 Å². The van der Waals surface area contributed by atoms with Crippen LogP contribution in [0.1, 0.15) is 37.1 Å². The molecule has 1 aliphatic rings. The summed E-state index contributed by atoms with van der Waals surface area (Å²) in [6.45, 7) is 11.9. The highest BCUT2D eigenvalue weighted by molar-refractivity contribution is 5.85. The quantitative estimate of drug-likeness (QED) is 0.220. The molecule has 0 bridgehead atoms. The van der Waals surface area contributed by atoms with Gasteiger partial charge < -0.3 is 15.2 Å². The van der Waals surface area contributed by atoms with Crippen LogP contribution in [0.5, 0.6) is 0 Å². The molecule has 3 aromatic rings. The first-order chi connectivity index (χ1) is 19.8. The van der Waals surface area contributed by atoms with E-state index in [2.05, 4.69) is 62.0 Å². The first-order valence-electron chi connectivity index (χ1n) is 13.8. The standard InChI is InChI=1S/C35H38FN5/c1-7-9-16-30(27-20-28(36)22-29(21-27)37-17-18-41(5)6)31-23-34(38-25(31)4)35-32(33(8-2)39-40-35)19-24(3)26-14-12-10-11-13-15-26/h7-9,12,14-16,19-23,37-39H,3,13,17-18H2,1-2,4-6H3/b9-7-,30-16-,32-19+,33-8+. The molecule has 2 aromatic heterocycles. The van der Waals surface area contributed by atoms with Crippen LogP contribution in [0, 0.1) is 24.6 Å². The predicted octanol–water partition coefficient (Wildman–Crippen LogP) is 5.86. The normalized spacial score (nSPS) is 14.4. The smallest absolute Gasteiger partial charge is 0.125 e. The molecular formula is C35H38FN5. The molecule has 4 rings (SSSR count). The van der Waals surface area contributed by atoms with Crippen LogP contribution >= 0.6 is 0 Å². The fourth-order valence-electron chi connectivity index (χ4n) is 4.68. The van der Waals surface area contributed by atoms with Crippen LogP contribution in [0.3, 0.4) is 0 Å². The Balaban J connectivity index is 1.77. The average molecular weight is 548 g/mol. The fourth-order valence-corrected chi connectivity index (χ4v) is 4.68. The summed E-state index contributed by atoms with van der Waals surface area (Å²) in [6.07, 6.45) is 16.6. The molecule has 0 saturated heterocycles. The molecular weight excluding hydrogens is 509 g/mol. The maximum atomic E-state index is 14.8. The molecule has 0 radical (unpaired) electrons. The van der Waals surface area contributed by atoms with Gasteiger partial charge >= 0.3 is 0 Å². The highest BCUT2D eigenvalue weighted by atomic mass is 19.1. The zero-order valence-corrected chi connectivity index (χ0v) is 24.5. The number of aryl methyl sites for hydroxylation is 1. The molecule has 1 aliphatic carbocycles. The number of hydrogen-bond acceptors (Lipinski definition) is 3. The van der Waals surface area contributed by atoms with Gasteiger partial charge in [-0.2, -0.15) is 5.10 Å². The first kappa shape index (κ1) is 29.4. The maximum Gasteiger partial charge on any atom is 0.125 e. The zero-order valence-electron chi connectivity index (χ0n) is 24.5. The van der Waals surface area contributed by atoms with Crippen molar-refractivity contribution in [1.82, 2.24) is 20.1 Å². The van der Waals surface area contributed by atoms with Crippen molar-refractivity contribution in [3.05, 3.63) is 112 Å². The van der Waals surface area contributed by atoms with E-state index in [1.165, 1.54) is 6.07 Å². The van der Waals surface area contributed by atoms with E-state index in [1.807, 2.05) is 77.4 Å². The van der Waals surface area contributed by atoms with Crippen LogP contribution in [0.2, 0.25) is 0 Å².